The summed E-state index contributed by atoms with van der Waals surface area (Å²) in [6, 6.07) is 43.3. The van der Waals surface area contributed by atoms with Crippen LogP contribution in [0.3, 0.4) is 0 Å². The van der Waals surface area contributed by atoms with E-state index in [0.717, 1.165) is 60.5 Å². The second-order valence-electron chi connectivity index (χ2n) is 9.51. The van der Waals surface area contributed by atoms with E-state index in [1.807, 2.05) is 54.7 Å². The van der Waals surface area contributed by atoms with Crippen molar-refractivity contribution < 1.29 is 0 Å². The van der Waals surface area contributed by atoms with Crippen LogP contribution in [0.25, 0.3) is 66.0 Å². The smallest absolute Gasteiger partial charge is 0.0894 e. The topological polar surface area (TPSA) is 51.6 Å². The first-order valence-electron chi connectivity index (χ1n) is 13.4. The first-order chi connectivity index (χ1) is 20.3. The van der Waals surface area contributed by atoms with Gasteiger partial charge < -0.3 is 0 Å². The zero-order valence-corrected chi connectivity index (χ0v) is 22.9. The molecule has 0 radical (unpaired) electrons. The van der Waals surface area contributed by atoms with E-state index in [1.54, 1.807) is 23.7 Å². The van der Waals surface area contributed by atoms with Gasteiger partial charge in [0.2, 0.25) is 0 Å². The van der Waals surface area contributed by atoms with Crippen LogP contribution in [0, 0.1) is 0 Å². The van der Waals surface area contributed by atoms with Crippen molar-refractivity contribution in [2.24, 2.45) is 0 Å². The molecule has 0 aliphatic rings. The lowest BCUT2D eigenvalue weighted by molar-refractivity contribution is 1.25. The van der Waals surface area contributed by atoms with Gasteiger partial charge in [0.25, 0.3) is 0 Å². The average Bonchev–Trinajstić information content (AvgIpc) is 3.47. The quantitative estimate of drug-likeness (QED) is 0.209. The van der Waals surface area contributed by atoms with Crippen LogP contribution >= 0.6 is 11.3 Å². The van der Waals surface area contributed by atoms with Crippen LogP contribution in [0.15, 0.2) is 146 Å². The van der Waals surface area contributed by atoms with Crippen LogP contribution in [-0.2, 0) is 0 Å². The standard InChI is InChI=1S/C36H24N4S/c1-3-12-25(13-4-1)33-34(26-14-5-2-6-15-26)36(32-19-11-18-31(40-32)29-17-8-10-23-38-29)41-35(33)27-20-21-30(39-24-27)28-16-7-9-22-37-28/h1-24H. The number of nitrogens with zero attached hydrogens (tertiary/aromatic N) is 4. The summed E-state index contributed by atoms with van der Waals surface area (Å²) < 4.78 is 0. The molecule has 0 saturated carbocycles. The molecule has 0 atom stereocenters. The largest absolute Gasteiger partial charge is 0.255 e. The summed E-state index contributed by atoms with van der Waals surface area (Å²) in [4.78, 5) is 21.2. The molecule has 0 fully saturated rings. The van der Waals surface area contributed by atoms with Crippen molar-refractivity contribution >= 4 is 11.3 Å². The van der Waals surface area contributed by atoms with E-state index in [1.165, 1.54) is 5.56 Å². The molecular formula is C36H24N4S. The third-order valence-corrected chi connectivity index (χ3v) is 8.16. The SMILES string of the molecule is c1ccc(-c2c(-c3ccc(-c4ccccn4)nc3)sc(-c3cccc(-c4ccccn4)n3)c2-c2ccccc2)cc1. The Kier molecular flexibility index (Phi) is 6.69. The van der Waals surface area contributed by atoms with Gasteiger partial charge in [-0.15, -0.1) is 11.3 Å². The van der Waals surface area contributed by atoms with Crippen LogP contribution in [0.1, 0.15) is 0 Å². The van der Waals surface area contributed by atoms with Gasteiger partial charge in [0.15, 0.2) is 0 Å². The Morgan fingerprint density at radius 3 is 1.49 bits per heavy atom. The molecule has 7 aromatic rings. The van der Waals surface area contributed by atoms with Gasteiger partial charge in [-0.2, -0.15) is 0 Å². The summed E-state index contributed by atoms with van der Waals surface area (Å²) in [5.74, 6) is 0. The Balaban J connectivity index is 1.47. The lowest BCUT2D eigenvalue weighted by Gasteiger charge is -2.11. The highest BCUT2D eigenvalue weighted by Crippen LogP contribution is 2.51. The van der Waals surface area contributed by atoms with Crippen molar-refractivity contribution in [1.29, 1.82) is 0 Å². The molecule has 0 aliphatic carbocycles. The minimum atomic E-state index is 0.847. The van der Waals surface area contributed by atoms with Gasteiger partial charge in [-0.25, -0.2) is 4.98 Å². The molecule has 7 rings (SSSR count). The molecule has 4 nitrogen and oxygen atoms in total. The van der Waals surface area contributed by atoms with E-state index < -0.39 is 0 Å². The Morgan fingerprint density at radius 1 is 0.366 bits per heavy atom. The summed E-state index contributed by atoms with van der Waals surface area (Å²) in [6.45, 7) is 0. The van der Waals surface area contributed by atoms with Crippen LogP contribution in [-0.4, -0.2) is 19.9 Å². The summed E-state index contributed by atoms with van der Waals surface area (Å²) >= 11 is 1.75. The first kappa shape index (κ1) is 24.8. The molecule has 0 saturated heterocycles. The second-order valence-corrected chi connectivity index (χ2v) is 10.5. The van der Waals surface area contributed by atoms with Gasteiger partial charge >= 0.3 is 0 Å². The minimum absolute atomic E-state index is 0.847. The van der Waals surface area contributed by atoms with Crippen molar-refractivity contribution in [3.05, 3.63) is 146 Å². The van der Waals surface area contributed by atoms with Crippen molar-refractivity contribution in [2.75, 3.05) is 0 Å². The van der Waals surface area contributed by atoms with Crippen LogP contribution in [0.2, 0.25) is 0 Å². The second kappa shape index (κ2) is 11.1. The van der Waals surface area contributed by atoms with E-state index in [-0.39, 0.29) is 0 Å². The van der Waals surface area contributed by atoms with Gasteiger partial charge in [-0.05, 0) is 59.7 Å². The fourth-order valence-corrected chi connectivity index (χ4v) is 6.29. The maximum Gasteiger partial charge on any atom is 0.0894 e. The van der Waals surface area contributed by atoms with Gasteiger partial charge in [-0.3, -0.25) is 15.0 Å². The number of rotatable bonds is 6. The van der Waals surface area contributed by atoms with E-state index >= 15 is 0 Å². The lowest BCUT2D eigenvalue weighted by atomic mass is 9.92. The number of hydrogen-bond donors (Lipinski definition) is 0. The number of benzene rings is 2. The van der Waals surface area contributed by atoms with Crippen molar-refractivity contribution in [2.45, 2.75) is 0 Å². The van der Waals surface area contributed by atoms with Crippen molar-refractivity contribution in [3.63, 3.8) is 0 Å². The van der Waals surface area contributed by atoms with Crippen LogP contribution < -0.4 is 0 Å². The van der Waals surface area contributed by atoms with Crippen LogP contribution in [0.5, 0.6) is 0 Å². The normalized spacial score (nSPS) is 10.9. The van der Waals surface area contributed by atoms with Gasteiger partial charge in [0, 0.05) is 40.2 Å². The van der Waals surface area contributed by atoms with E-state index in [2.05, 4.69) is 88.8 Å². The Morgan fingerprint density at radius 2 is 0.902 bits per heavy atom. The Hall–Kier alpha value is -5.26. The third-order valence-electron chi connectivity index (χ3n) is 6.90. The predicted octanol–water partition coefficient (Wildman–Crippen LogP) is 9.33. The summed E-state index contributed by atoms with van der Waals surface area (Å²) in [6.07, 6.45) is 5.55. The van der Waals surface area contributed by atoms with Crippen molar-refractivity contribution in [3.8, 4) is 66.0 Å². The molecule has 5 heteroatoms. The van der Waals surface area contributed by atoms with E-state index in [0.29, 0.717) is 0 Å². The fourth-order valence-electron chi connectivity index (χ4n) is 4.99. The highest BCUT2D eigenvalue weighted by molar-refractivity contribution is 7.20. The molecule has 0 amide bonds. The zero-order valence-electron chi connectivity index (χ0n) is 22.1. The molecule has 2 aromatic carbocycles. The maximum atomic E-state index is 5.12. The highest BCUT2D eigenvalue weighted by atomic mass is 32.1. The number of hydrogen-bond acceptors (Lipinski definition) is 5. The molecular weight excluding hydrogens is 520 g/mol. The van der Waals surface area contributed by atoms with E-state index in [4.69, 9.17) is 9.97 Å². The Labute approximate surface area is 242 Å². The van der Waals surface area contributed by atoms with E-state index in [9.17, 15) is 0 Å². The summed E-state index contributed by atoms with van der Waals surface area (Å²) in [5, 5.41) is 0. The van der Waals surface area contributed by atoms with Crippen molar-refractivity contribution in [1.82, 2.24) is 19.9 Å². The fraction of sp³-hybridized carbons (Fsp3) is 0. The lowest BCUT2D eigenvalue weighted by Crippen LogP contribution is -1.90. The molecule has 0 bridgehead atoms. The van der Waals surface area contributed by atoms with Gasteiger partial charge in [0.1, 0.15) is 0 Å². The molecule has 5 heterocycles. The number of pyridine rings is 4. The maximum absolute atomic E-state index is 5.12. The number of aromatic nitrogens is 4. The minimum Gasteiger partial charge on any atom is -0.255 e. The molecule has 0 unspecified atom stereocenters. The third kappa shape index (κ3) is 4.95. The molecule has 0 N–H and O–H groups in total. The monoisotopic (exact) mass is 544 g/mol. The highest BCUT2D eigenvalue weighted by Gasteiger charge is 2.24. The van der Waals surface area contributed by atoms with Gasteiger partial charge in [0.05, 0.1) is 33.3 Å². The molecule has 194 valence electrons. The molecule has 0 aliphatic heterocycles. The molecule has 0 spiro atoms. The molecule has 5 aromatic heterocycles. The Bertz CT molecular complexity index is 1900. The zero-order chi connectivity index (χ0) is 27.4. The molecule has 41 heavy (non-hydrogen) atoms. The van der Waals surface area contributed by atoms with Gasteiger partial charge in [-0.1, -0.05) is 78.9 Å². The number of thiophene rings is 1. The first-order valence-corrected chi connectivity index (χ1v) is 14.2. The predicted molar refractivity (Wildman–Crippen MR) is 168 cm³/mol. The average molecular weight is 545 g/mol. The summed E-state index contributed by atoms with van der Waals surface area (Å²) in [5.41, 5.74) is 10.0. The summed E-state index contributed by atoms with van der Waals surface area (Å²) in [7, 11) is 0. The van der Waals surface area contributed by atoms with Crippen LogP contribution in [0.4, 0.5) is 0 Å².